The van der Waals surface area contributed by atoms with E-state index in [1.54, 1.807) is 0 Å². The van der Waals surface area contributed by atoms with Gasteiger partial charge in [0.05, 0.1) is 5.69 Å². The second-order valence-electron chi connectivity index (χ2n) is 7.92. The Hall–Kier alpha value is -2.56. The van der Waals surface area contributed by atoms with Crippen LogP contribution >= 0.6 is 0 Å². The zero-order chi connectivity index (χ0) is 19.0. The first-order valence-corrected chi connectivity index (χ1v) is 10.0. The molecule has 1 fully saturated rings. The molecule has 5 heteroatoms. The van der Waals surface area contributed by atoms with Gasteiger partial charge in [0.15, 0.2) is 0 Å². The Labute approximate surface area is 158 Å². The zero-order valence-electron chi connectivity index (χ0n) is 16.0. The molecule has 0 radical (unpaired) electrons. The predicted octanol–water partition coefficient (Wildman–Crippen LogP) is 4.52. The molecule has 1 aliphatic rings. The maximum atomic E-state index is 12.1. The molecule has 142 valence electrons. The molecule has 0 aliphatic heterocycles. The summed E-state index contributed by atoms with van der Waals surface area (Å²) in [6.45, 7) is 4.58. The fourth-order valence-corrected chi connectivity index (χ4v) is 4.33. The Bertz CT molecular complexity index is 1000. The Kier molecular flexibility index (Phi) is 4.77. The molecule has 3 N–H and O–H groups in total. The maximum Gasteiger partial charge on any atom is 0.253 e. The van der Waals surface area contributed by atoms with Crippen LogP contribution in [-0.4, -0.2) is 11.0 Å². The van der Waals surface area contributed by atoms with Crippen molar-refractivity contribution in [1.82, 2.24) is 4.98 Å². The minimum Gasteiger partial charge on any atom is -0.377 e. The lowest BCUT2D eigenvalue weighted by Gasteiger charge is -2.33. The molecule has 1 saturated carbocycles. The summed E-state index contributed by atoms with van der Waals surface area (Å²) in [4.78, 5) is 27.5. The van der Waals surface area contributed by atoms with Crippen LogP contribution in [0, 0.1) is 11.8 Å². The van der Waals surface area contributed by atoms with E-state index in [-0.39, 0.29) is 6.04 Å². The highest BCUT2D eigenvalue weighted by Gasteiger charge is 2.28. The minimum absolute atomic E-state index is 0.275. The lowest BCUT2D eigenvalue weighted by Crippen LogP contribution is -2.40. The van der Waals surface area contributed by atoms with Gasteiger partial charge in [-0.25, -0.2) is 0 Å². The van der Waals surface area contributed by atoms with Crippen LogP contribution in [-0.2, 0) is 0 Å². The van der Waals surface area contributed by atoms with Crippen molar-refractivity contribution in [3.63, 3.8) is 0 Å². The normalized spacial score (nSPS) is 21.4. The van der Waals surface area contributed by atoms with Crippen molar-refractivity contribution < 1.29 is 0 Å². The molecule has 0 saturated heterocycles. The molecule has 0 amide bonds. The smallest absolute Gasteiger partial charge is 0.253 e. The molecule has 2 aromatic carbocycles. The third-order valence-corrected chi connectivity index (χ3v) is 6.33. The quantitative estimate of drug-likeness (QED) is 0.561. The van der Waals surface area contributed by atoms with Gasteiger partial charge in [0.2, 0.25) is 0 Å². The number of nitrogens with one attached hydrogen (secondary N) is 3. The molecule has 3 aromatic rings. The highest BCUT2D eigenvalue weighted by Crippen LogP contribution is 2.34. The van der Waals surface area contributed by atoms with Gasteiger partial charge in [-0.2, -0.15) is 0 Å². The van der Waals surface area contributed by atoms with Crippen molar-refractivity contribution in [2.24, 2.45) is 11.8 Å². The minimum atomic E-state index is -0.434. The van der Waals surface area contributed by atoms with E-state index in [0.29, 0.717) is 11.4 Å². The fraction of sp³-hybridized carbons (Fsp3) is 0.455. The average Bonchev–Trinajstić information content (AvgIpc) is 3.13. The molecule has 0 bridgehead atoms. The predicted molar refractivity (Wildman–Crippen MR) is 112 cm³/mol. The Balaban J connectivity index is 1.47. The molecule has 27 heavy (non-hydrogen) atoms. The molecular weight excluding hydrogens is 338 g/mol. The topological polar surface area (TPSA) is 74.0 Å². The first kappa shape index (κ1) is 17.8. The number of anilines is 3. The largest absolute Gasteiger partial charge is 0.377 e. The van der Waals surface area contributed by atoms with Gasteiger partial charge in [0.25, 0.3) is 10.9 Å². The van der Waals surface area contributed by atoms with E-state index in [0.717, 1.165) is 41.3 Å². The molecule has 1 aromatic heterocycles. The molecule has 1 heterocycles. The number of hydrogen-bond donors (Lipinski definition) is 3. The summed E-state index contributed by atoms with van der Waals surface area (Å²) in [6.07, 6.45) is 7.55. The maximum absolute atomic E-state index is 12.1. The third-order valence-electron chi connectivity index (χ3n) is 6.33. The lowest BCUT2D eigenvalue weighted by atomic mass is 9.78. The van der Waals surface area contributed by atoms with Crippen LogP contribution in [0.5, 0.6) is 0 Å². The number of hydrogen-bond acceptors (Lipinski definition) is 4. The van der Waals surface area contributed by atoms with E-state index in [2.05, 4.69) is 29.5 Å². The van der Waals surface area contributed by atoms with Crippen molar-refractivity contribution in [3.05, 3.63) is 50.9 Å². The zero-order valence-corrected chi connectivity index (χ0v) is 16.0. The number of para-hydroxylation sites is 1. The molecule has 0 unspecified atom stereocenters. The first-order chi connectivity index (χ1) is 13.1. The molecule has 1 aliphatic carbocycles. The molecule has 5 nitrogen and oxygen atoms in total. The third kappa shape index (κ3) is 3.27. The lowest BCUT2D eigenvalue weighted by molar-refractivity contribution is 0.248. The molecular formula is C22H27N3O2. The Morgan fingerprint density at radius 2 is 1.78 bits per heavy atom. The summed E-state index contributed by atoms with van der Waals surface area (Å²) < 4.78 is 0. The van der Waals surface area contributed by atoms with E-state index in [1.165, 1.54) is 19.3 Å². The van der Waals surface area contributed by atoms with E-state index in [1.807, 2.05) is 30.5 Å². The number of H-pyrrole nitrogens is 1. The van der Waals surface area contributed by atoms with Crippen LogP contribution < -0.4 is 21.5 Å². The van der Waals surface area contributed by atoms with Gasteiger partial charge in [-0.05, 0) is 43.6 Å². The van der Waals surface area contributed by atoms with Crippen LogP contribution in [0.1, 0.15) is 46.0 Å². The highest BCUT2D eigenvalue weighted by molar-refractivity contribution is 5.95. The van der Waals surface area contributed by atoms with Crippen LogP contribution in [0.2, 0.25) is 0 Å². The monoisotopic (exact) mass is 365 g/mol. The molecule has 4 rings (SSSR count). The van der Waals surface area contributed by atoms with Gasteiger partial charge in [-0.15, -0.1) is 0 Å². The van der Waals surface area contributed by atoms with Crippen LogP contribution in [0.25, 0.3) is 10.9 Å². The van der Waals surface area contributed by atoms with Crippen LogP contribution in [0.3, 0.4) is 0 Å². The summed E-state index contributed by atoms with van der Waals surface area (Å²) in [7, 11) is 0. The summed E-state index contributed by atoms with van der Waals surface area (Å²) in [6, 6.07) is 8.17. The second-order valence-corrected chi connectivity index (χ2v) is 7.92. The van der Waals surface area contributed by atoms with Gasteiger partial charge in [0, 0.05) is 23.1 Å². The van der Waals surface area contributed by atoms with Crippen LogP contribution in [0.15, 0.2) is 40.1 Å². The van der Waals surface area contributed by atoms with Crippen molar-refractivity contribution in [2.75, 3.05) is 10.6 Å². The second kappa shape index (κ2) is 7.22. The fourth-order valence-electron chi connectivity index (χ4n) is 4.33. The van der Waals surface area contributed by atoms with Crippen molar-refractivity contribution in [2.45, 2.75) is 52.0 Å². The summed E-state index contributed by atoms with van der Waals surface area (Å²) in [5.74, 6) is 1.54. The van der Waals surface area contributed by atoms with E-state index in [9.17, 15) is 9.59 Å². The van der Waals surface area contributed by atoms with E-state index in [4.69, 9.17) is 0 Å². The van der Waals surface area contributed by atoms with Gasteiger partial charge >= 0.3 is 0 Å². The summed E-state index contributed by atoms with van der Waals surface area (Å²) in [5.41, 5.74) is 1.83. The van der Waals surface area contributed by atoms with E-state index < -0.39 is 10.9 Å². The van der Waals surface area contributed by atoms with Gasteiger partial charge < -0.3 is 15.6 Å². The van der Waals surface area contributed by atoms with Crippen molar-refractivity contribution in [3.8, 4) is 0 Å². The SMILES string of the molecule is CC[C@@H](C)C1CCC(Nc2c(Nc3c[nH]c4ccccc34)c(=O)c2=O)CC1. The van der Waals surface area contributed by atoms with Gasteiger partial charge in [-0.1, -0.05) is 38.5 Å². The molecule has 0 spiro atoms. The number of aromatic nitrogens is 1. The van der Waals surface area contributed by atoms with Crippen molar-refractivity contribution in [1.29, 1.82) is 0 Å². The number of fused-ring (bicyclic) bond motifs is 1. The Morgan fingerprint density at radius 3 is 2.52 bits per heavy atom. The first-order valence-electron chi connectivity index (χ1n) is 10.0. The summed E-state index contributed by atoms with van der Waals surface area (Å²) >= 11 is 0. The number of benzene rings is 1. The number of aromatic amines is 1. The van der Waals surface area contributed by atoms with Gasteiger partial charge in [-0.3, -0.25) is 9.59 Å². The number of rotatable bonds is 6. The highest BCUT2D eigenvalue weighted by atomic mass is 16.2. The summed E-state index contributed by atoms with van der Waals surface area (Å²) in [5, 5.41) is 7.54. The average molecular weight is 365 g/mol. The molecule has 1 atom stereocenters. The van der Waals surface area contributed by atoms with Crippen LogP contribution in [0.4, 0.5) is 17.1 Å². The van der Waals surface area contributed by atoms with Crippen molar-refractivity contribution >= 4 is 28.0 Å². The Morgan fingerprint density at radius 1 is 1.07 bits per heavy atom. The standard InChI is InChI=1S/C22H27N3O2/c1-3-13(2)14-8-10-15(11-9-14)24-19-20(22(27)21(19)26)25-18-12-23-17-7-5-4-6-16(17)18/h4-7,12-15,23-25H,3,8-11H2,1-2H3/t13-,14?,15?/m1/s1. The van der Waals surface area contributed by atoms with E-state index >= 15 is 0 Å². The van der Waals surface area contributed by atoms with Gasteiger partial charge in [0.1, 0.15) is 11.4 Å².